The van der Waals surface area contributed by atoms with Gasteiger partial charge in [0.25, 0.3) is 0 Å². The van der Waals surface area contributed by atoms with Gasteiger partial charge in [-0.2, -0.15) is 0 Å². The summed E-state index contributed by atoms with van der Waals surface area (Å²) in [7, 11) is 0. The largest absolute Gasteiger partial charge is 0.481 e. The van der Waals surface area contributed by atoms with E-state index in [1.54, 1.807) is 27.7 Å². The average molecular weight is 258 g/mol. The summed E-state index contributed by atoms with van der Waals surface area (Å²) >= 11 is 0. The van der Waals surface area contributed by atoms with Crippen LogP contribution in [0.15, 0.2) is 0 Å². The van der Waals surface area contributed by atoms with Crippen molar-refractivity contribution in [3.8, 4) is 0 Å². The summed E-state index contributed by atoms with van der Waals surface area (Å²) in [6, 6.07) is -0.562. The van der Waals surface area contributed by atoms with Gasteiger partial charge < -0.3 is 20.5 Å². The fourth-order valence-electron chi connectivity index (χ4n) is 2.15. The first-order valence-corrected chi connectivity index (χ1v) is 6.09. The van der Waals surface area contributed by atoms with Gasteiger partial charge in [0.15, 0.2) is 0 Å². The Bertz CT molecular complexity index is 350. The molecule has 0 spiro atoms. The van der Waals surface area contributed by atoms with Crippen molar-refractivity contribution in [1.82, 2.24) is 4.90 Å². The van der Waals surface area contributed by atoms with Crippen molar-refractivity contribution in [2.75, 3.05) is 13.1 Å². The minimum absolute atomic E-state index is 0.106. The van der Waals surface area contributed by atoms with E-state index >= 15 is 0 Å². The van der Waals surface area contributed by atoms with Crippen LogP contribution in [0, 0.1) is 5.41 Å². The number of carboxylic acids is 1. The second-order valence-electron chi connectivity index (χ2n) is 5.78. The Hall–Kier alpha value is -1.30. The molecule has 6 nitrogen and oxygen atoms in total. The van der Waals surface area contributed by atoms with Gasteiger partial charge in [-0.25, -0.2) is 4.79 Å². The lowest BCUT2D eigenvalue weighted by Gasteiger charge is -2.27. The quantitative estimate of drug-likeness (QED) is 0.772. The van der Waals surface area contributed by atoms with E-state index < -0.39 is 29.1 Å². The summed E-state index contributed by atoms with van der Waals surface area (Å²) < 4.78 is 5.23. The van der Waals surface area contributed by atoms with Gasteiger partial charge in [0, 0.05) is 19.1 Å². The number of nitrogens with zero attached hydrogens (tertiary/aromatic N) is 1. The second-order valence-corrected chi connectivity index (χ2v) is 5.78. The summed E-state index contributed by atoms with van der Waals surface area (Å²) in [5, 5.41) is 9.31. The minimum Gasteiger partial charge on any atom is -0.481 e. The number of amides is 1. The molecular formula is C12H22N2O4. The lowest BCUT2D eigenvalue weighted by molar-refractivity contribution is -0.149. The number of hydrogen-bond donors (Lipinski definition) is 2. The molecule has 1 fully saturated rings. The van der Waals surface area contributed by atoms with E-state index in [2.05, 4.69) is 0 Å². The molecule has 0 aromatic carbocycles. The van der Waals surface area contributed by atoms with Crippen LogP contribution in [0.2, 0.25) is 0 Å². The second kappa shape index (κ2) is 4.76. The molecule has 1 rings (SSSR count). The number of ether oxygens (including phenoxy) is 1. The number of carbonyl (C=O) groups excluding carboxylic acids is 1. The van der Waals surface area contributed by atoms with Crippen molar-refractivity contribution < 1.29 is 19.4 Å². The SMILES string of the molecule is CCC1(C(=O)O)CN(C(=O)OC(C)(C)C)CC1N. The fraction of sp³-hybridized carbons (Fsp3) is 0.833. The van der Waals surface area contributed by atoms with Gasteiger partial charge in [-0.15, -0.1) is 0 Å². The first kappa shape index (κ1) is 14.8. The van der Waals surface area contributed by atoms with Crippen molar-refractivity contribution in [2.24, 2.45) is 11.1 Å². The lowest BCUT2D eigenvalue weighted by Crippen LogP contribution is -2.46. The zero-order valence-corrected chi connectivity index (χ0v) is 11.4. The van der Waals surface area contributed by atoms with Crippen LogP contribution < -0.4 is 5.73 Å². The smallest absolute Gasteiger partial charge is 0.410 e. The molecule has 3 N–H and O–H groups in total. The highest BCUT2D eigenvalue weighted by Gasteiger charge is 2.51. The van der Waals surface area contributed by atoms with E-state index in [4.69, 9.17) is 10.5 Å². The fourth-order valence-corrected chi connectivity index (χ4v) is 2.15. The van der Waals surface area contributed by atoms with Crippen LogP contribution in [0.25, 0.3) is 0 Å². The Morgan fingerprint density at radius 1 is 1.50 bits per heavy atom. The molecule has 18 heavy (non-hydrogen) atoms. The lowest BCUT2D eigenvalue weighted by atomic mass is 9.81. The van der Waals surface area contributed by atoms with Crippen LogP contribution in [0.3, 0.4) is 0 Å². The minimum atomic E-state index is -1.06. The molecular weight excluding hydrogens is 236 g/mol. The summed E-state index contributed by atoms with van der Waals surface area (Å²) in [5.74, 6) is -0.955. The van der Waals surface area contributed by atoms with Gasteiger partial charge in [0.2, 0.25) is 0 Å². The molecule has 1 saturated heterocycles. The molecule has 2 unspecified atom stereocenters. The van der Waals surface area contributed by atoms with Crippen LogP contribution in [0.1, 0.15) is 34.1 Å². The molecule has 0 aliphatic carbocycles. The number of likely N-dealkylation sites (tertiary alicyclic amines) is 1. The molecule has 104 valence electrons. The Labute approximate surface area is 107 Å². The maximum Gasteiger partial charge on any atom is 0.410 e. The molecule has 0 aromatic heterocycles. The van der Waals surface area contributed by atoms with Crippen molar-refractivity contribution in [3.05, 3.63) is 0 Å². The Morgan fingerprint density at radius 3 is 2.39 bits per heavy atom. The summed E-state index contributed by atoms with van der Waals surface area (Å²) in [6.07, 6.45) is -0.113. The summed E-state index contributed by atoms with van der Waals surface area (Å²) in [6.45, 7) is 7.40. The van der Waals surface area contributed by atoms with Gasteiger partial charge >= 0.3 is 12.1 Å². The van der Waals surface area contributed by atoms with Gasteiger partial charge in [-0.05, 0) is 27.2 Å². The average Bonchev–Trinajstić information content (AvgIpc) is 2.54. The first-order valence-electron chi connectivity index (χ1n) is 6.09. The Morgan fingerprint density at radius 2 is 2.06 bits per heavy atom. The van der Waals surface area contributed by atoms with E-state index in [0.29, 0.717) is 6.42 Å². The summed E-state index contributed by atoms with van der Waals surface area (Å²) in [4.78, 5) is 24.6. The van der Waals surface area contributed by atoms with E-state index in [1.165, 1.54) is 4.90 Å². The predicted molar refractivity (Wildman–Crippen MR) is 66.1 cm³/mol. The third kappa shape index (κ3) is 2.75. The molecule has 1 amide bonds. The Balaban J connectivity index is 2.80. The van der Waals surface area contributed by atoms with Crippen molar-refractivity contribution in [2.45, 2.75) is 45.8 Å². The highest BCUT2D eigenvalue weighted by Crippen LogP contribution is 2.34. The molecule has 6 heteroatoms. The molecule has 0 aromatic rings. The van der Waals surface area contributed by atoms with Gasteiger partial charge in [0.05, 0.1) is 0 Å². The maximum atomic E-state index is 11.9. The number of rotatable bonds is 2. The topological polar surface area (TPSA) is 92.9 Å². The maximum absolute atomic E-state index is 11.9. The van der Waals surface area contributed by atoms with E-state index in [1.807, 2.05) is 0 Å². The number of hydrogen-bond acceptors (Lipinski definition) is 4. The zero-order chi connectivity index (χ0) is 14.1. The monoisotopic (exact) mass is 258 g/mol. The number of nitrogens with two attached hydrogens (primary N) is 1. The molecule has 1 heterocycles. The normalized spacial score (nSPS) is 28.3. The van der Waals surface area contributed by atoms with E-state index in [9.17, 15) is 14.7 Å². The van der Waals surface area contributed by atoms with E-state index in [0.717, 1.165) is 0 Å². The molecule has 1 aliphatic rings. The van der Waals surface area contributed by atoms with Crippen molar-refractivity contribution in [3.63, 3.8) is 0 Å². The third-order valence-electron chi connectivity index (χ3n) is 3.31. The van der Waals surface area contributed by atoms with Crippen molar-refractivity contribution >= 4 is 12.1 Å². The number of aliphatic carboxylic acids is 1. The zero-order valence-electron chi connectivity index (χ0n) is 11.4. The highest BCUT2D eigenvalue weighted by atomic mass is 16.6. The molecule has 2 atom stereocenters. The van der Waals surface area contributed by atoms with Crippen LogP contribution in [-0.2, 0) is 9.53 Å². The van der Waals surface area contributed by atoms with Gasteiger partial charge in [0.1, 0.15) is 11.0 Å². The molecule has 0 radical (unpaired) electrons. The summed E-state index contributed by atoms with van der Waals surface area (Å²) in [5.41, 5.74) is 4.23. The molecule has 0 saturated carbocycles. The van der Waals surface area contributed by atoms with Crippen LogP contribution in [0.5, 0.6) is 0 Å². The standard InChI is InChI=1S/C12H22N2O4/c1-5-12(9(15)16)7-14(6-8(12)13)10(17)18-11(2,3)4/h8H,5-7,13H2,1-4H3,(H,15,16). The first-order chi connectivity index (χ1) is 8.12. The van der Waals surface area contributed by atoms with Crippen LogP contribution in [-0.4, -0.2) is 46.8 Å². The predicted octanol–water partition coefficient (Wildman–Crippen LogP) is 1.05. The van der Waals surface area contributed by atoms with Crippen LogP contribution >= 0.6 is 0 Å². The van der Waals surface area contributed by atoms with Crippen molar-refractivity contribution in [1.29, 1.82) is 0 Å². The van der Waals surface area contributed by atoms with Gasteiger partial charge in [-0.3, -0.25) is 4.79 Å². The molecule has 1 aliphatic heterocycles. The molecule has 0 bridgehead atoms. The number of carboxylic acid groups (broad SMARTS) is 1. The number of carbonyl (C=O) groups is 2. The van der Waals surface area contributed by atoms with Gasteiger partial charge in [-0.1, -0.05) is 6.92 Å². The highest BCUT2D eigenvalue weighted by molar-refractivity contribution is 5.79. The Kier molecular flexibility index (Phi) is 3.90. The third-order valence-corrected chi connectivity index (χ3v) is 3.31. The van der Waals surface area contributed by atoms with E-state index in [-0.39, 0.29) is 13.1 Å². The van der Waals surface area contributed by atoms with Crippen LogP contribution in [0.4, 0.5) is 4.79 Å².